The molecule has 0 unspecified atom stereocenters. The summed E-state index contributed by atoms with van der Waals surface area (Å²) in [6.07, 6.45) is 3.87. The molecular formula is C16H26FN3O. The van der Waals surface area contributed by atoms with E-state index in [0.717, 1.165) is 25.7 Å². The fourth-order valence-electron chi connectivity index (χ4n) is 2.97. The van der Waals surface area contributed by atoms with Crippen LogP contribution in [0.1, 0.15) is 58.0 Å². The summed E-state index contributed by atoms with van der Waals surface area (Å²) in [5.74, 6) is 0.480. The molecule has 1 aromatic rings. The van der Waals surface area contributed by atoms with Gasteiger partial charge in [-0.1, -0.05) is 13.8 Å². The van der Waals surface area contributed by atoms with Crippen LogP contribution in [0.2, 0.25) is 0 Å². The molecule has 1 heterocycles. The van der Waals surface area contributed by atoms with Gasteiger partial charge in [-0.3, -0.25) is 0 Å². The van der Waals surface area contributed by atoms with Crippen molar-refractivity contribution in [3.8, 4) is 0 Å². The molecule has 0 saturated heterocycles. The van der Waals surface area contributed by atoms with Gasteiger partial charge in [-0.25, -0.2) is 14.4 Å². The fourth-order valence-corrected chi connectivity index (χ4v) is 2.97. The lowest BCUT2D eigenvalue weighted by Crippen LogP contribution is -2.39. The minimum absolute atomic E-state index is 0.251. The molecule has 4 nitrogen and oxygen atoms in total. The van der Waals surface area contributed by atoms with Crippen LogP contribution in [0.15, 0.2) is 0 Å². The van der Waals surface area contributed by atoms with Gasteiger partial charge in [0.05, 0.1) is 5.69 Å². The first-order valence-corrected chi connectivity index (χ1v) is 7.70. The number of aryl methyl sites for hydroxylation is 1. The van der Waals surface area contributed by atoms with E-state index in [0.29, 0.717) is 23.5 Å². The molecule has 118 valence electrons. The molecule has 0 amide bonds. The van der Waals surface area contributed by atoms with Crippen LogP contribution >= 0.6 is 0 Å². The number of nitrogens with zero attached hydrogens (tertiary/aromatic N) is 2. The standard InChI is InChI=1S/C16H26FN3O/c1-6-21-16(9-7-15(3,4)8-10-16)14-19-11(2)12(17)13(18-5)20-14/h6-10H2,1-5H3,(H,18,19,20). The molecule has 1 aliphatic carbocycles. The predicted molar refractivity (Wildman–Crippen MR) is 81.8 cm³/mol. The number of aromatic nitrogens is 2. The Hall–Kier alpha value is -1.23. The summed E-state index contributed by atoms with van der Waals surface area (Å²) < 4.78 is 20.0. The maximum absolute atomic E-state index is 14.0. The highest BCUT2D eigenvalue weighted by Crippen LogP contribution is 2.46. The normalized spacial score (nSPS) is 20.3. The number of hydrogen-bond acceptors (Lipinski definition) is 4. The average Bonchev–Trinajstić information content (AvgIpc) is 2.44. The zero-order valence-electron chi connectivity index (χ0n) is 13.7. The van der Waals surface area contributed by atoms with Gasteiger partial charge < -0.3 is 10.1 Å². The van der Waals surface area contributed by atoms with E-state index in [1.807, 2.05) is 6.92 Å². The highest BCUT2D eigenvalue weighted by molar-refractivity contribution is 5.38. The SMILES string of the molecule is CCOC1(c2nc(C)c(F)c(NC)n2)CCC(C)(C)CC1. The minimum Gasteiger partial charge on any atom is -0.371 e. The van der Waals surface area contributed by atoms with Gasteiger partial charge in [-0.05, 0) is 44.9 Å². The molecule has 0 atom stereocenters. The topological polar surface area (TPSA) is 47.0 Å². The lowest BCUT2D eigenvalue weighted by atomic mass is 9.70. The third-order valence-electron chi connectivity index (χ3n) is 4.49. The molecular weight excluding hydrogens is 269 g/mol. The van der Waals surface area contributed by atoms with Crippen LogP contribution in [-0.4, -0.2) is 23.6 Å². The van der Waals surface area contributed by atoms with Gasteiger partial charge in [0, 0.05) is 13.7 Å². The monoisotopic (exact) mass is 295 g/mol. The van der Waals surface area contributed by atoms with Crippen molar-refractivity contribution in [1.82, 2.24) is 9.97 Å². The summed E-state index contributed by atoms with van der Waals surface area (Å²) in [5.41, 5.74) is 0.212. The van der Waals surface area contributed by atoms with E-state index >= 15 is 0 Å². The molecule has 21 heavy (non-hydrogen) atoms. The van der Waals surface area contributed by atoms with Crippen molar-refractivity contribution in [3.05, 3.63) is 17.3 Å². The van der Waals surface area contributed by atoms with Crippen molar-refractivity contribution >= 4 is 5.82 Å². The zero-order valence-corrected chi connectivity index (χ0v) is 13.7. The van der Waals surface area contributed by atoms with Gasteiger partial charge in [0.2, 0.25) is 0 Å². The lowest BCUT2D eigenvalue weighted by molar-refractivity contribution is -0.0948. The van der Waals surface area contributed by atoms with Gasteiger partial charge in [-0.2, -0.15) is 0 Å². The number of ether oxygens (including phenoxy) is 1. The summed E-state index contributed by atoms with van der Waals surface area (Å²) in [7, 11) is 1.67. The fraction of sp³-hybridized carbons (Fsp3) is 0.750. The second kappa shape index (κ2) is 5.87. The molecule has 0 aromatic carbocycles. The van der Waals surface area contributed by atoms with Crippen molar-refractivity contribution in [2.75, 3.05) is 19.0 Å². The van der Waals surface area contributed by atoms with E-state index < -0.39 is 5.60 Å². The Morgan fingerprint density at radius 3 is 2.33 bits per heavy atom. The van der Waals surface area contributed by atoms with Gasteiger partial charge >= 0.3 is 0 Å². The quantitative estimate of drug-likeness (QED) is 0.918. The summed E-state index contributed by atoms with van der Waals surface area (Å²) in [5, 5.41) is 2.81. The van der Waals surface area contributed by atoms with Crippen molar-refractivity contribution < 1.29 is 9.13 Å². The summed E-state index contributed by atoms with van der Waals surface area (Å²) in [4.78, 5) is 8.78. The molecule has 0 spiro atoms. The van der Waals surface area contributed by atoms with Gasteiger partial charge in [-0.15, -0.1) is 0 Å². The predicted octanol–water partition coefficient (Wildman–Crippen LogP) is 3.80. The second-order valence-electron chi connectivity index (χ2n) is 6.64. The lowest BCUT2D eigenvalue weighted by Gasteiger charge is -2.42. The number of rotatable bonds is 4. The summed E-state index contributed by atoms with van der Waals surface area (Å²) in [6.45, 7) is 8.82. The van der Waals surface area contributed by atoms with E-state index in [-0.39, 0.29) is 11.6 Å². The Morgan fingerprint density at radius 1 is 1.19 bits per heavy atom. The Labute approximate surface area is 126 Å². The van der Waals surface area contributed by atoms with Gasteiger partial charge in [0.1, 0.15) is 5.60 Å². The second-order valence-corrected chi connectivity index (χ2v) is 6.64. The highest BCUT2D eigenvalue weighted by Gasteiger charge is 2.43. The van der Waals surface area contributed by atoms with E-state index in [4.69, 9.17) is 4.74 Å². The van der Waals surface area contributed by atoms with Crippen LogP contribution in [0.4, 0.5) is 10.2 Å². The van der Waals surface area contributed by atoms with Crippen molar-refractivity contribution in [3.63, 3.8) is 0 Å². The van der Waals surface area contributed by atoms with E-state index in [1.165, 1.54) is 0 Å². The average molecular weight is 295 g/mol. The first kappa shape index (κ1) is 16.1. The summed E-state index contributed by atoms with van der Waals surface area (Å²) >= 11 is 0. The number of nitrogens with one attached hydrogen (secondary N) is 1. The Morgan fingerprint density at radius 2 is 1.81 bits per heavy atom. The minimum atomic E-state index is -0.478. The maximum Gasteiger partial charge on any atom is 0.186 e. The number of halogens is 1. The third kappa shape index (κ3) is 3.18. The van der Waals surface area contributed by atoms with Crippen LogP contribution in [0.3, 0.4) is 0 Å². The Kier molecular flexibility index (Phi) is 4.51. The van der Waals surface area contributed by atoms with E-state index in [9.17, 15) is 4.39 Å². The summed E-state index contributed by atoms with van der Waals surface area (Å²) in [6, 6.07) is 0. The molecule has 5 heteroatoms. The van der Waals surface area contributed by atoms with Crippen LogP contribution in [-0.2, 0) is 10.3 Å². The molecule has 1 saturated carbocycles. The third-order valence-corrected chi connectivity index (χ3v) is 4.49. The smallest absolute Gasteiger partial charge is 0.186 e. The number of hydrogen-bond donors (Lipinski definition) is 1. The van der Waals surface area contributed by atoms with Crippen LogP contribution < -0.4 is 5.32 Å². The van der Waals surface area contributed by atoms with Gasteiger partial charge in [0.15, 0.2) is 17.5 Å². The number of anilines is 1. The van der Waals surface area contributed by atoms with Crippen LogP contribution in [0, 0.1) is 18.2 Å². The Bertz CT molecular complexity index is 506. The van der Waals surface area contributed by atoms with Crippen molar-refractivity contribution in [2.24, 2.45) is 5.41 Å². The first-order valence-electron chi connectivity index (χ1n) is 7.70. The van der Waals surface area contributed by atoms with Crippen LogP contribution in [0.5, 0.6) is 0 Å². The molecule has 2 rings (SSSR count). The molecule has 0 aliphatic heterocycles. The van der Waals surface area contributed by atoms with E-state index in [1.54, 1.807) is 14.0 Å². The van der Waals surface area contributed by atoms with E-state index in [2.05, 4.69) is 29.1 Å². The molecule has 1 aromatic heterocycles. The Balaban J connectivity index is 2.41. The van der Waals surface area contributed by atoms with Gasteiger partial charge in [0.25, 0.3) is 0 Å². The van der Waals surface area contributed by atoms with Crippen molar-refractivity contribution in [1.29, 1.82) is 0 Å². The zero-order chi connectivity index (χ0) is 15.7. The molecule has 1 N–H and O–H groups in total. The largest absolute Gasteiger partial charge is 0.371 e. The molecule has 1 fully saturated rings. The molecule has 0 radical (unpaired) electrons. The van der Waals surface area contributed by atoms with Crippen LogP contribution in [0.25, 0.3) is 0 Å². The molecule has 0 bridgehead atoms. The highest BCUT2D eigenvalue weighted by atomic mass is 19.1. The molecule has 1 aliphatic rings. The maximum atomic E-state index is 14.0. The first-order chi connectivity index (χ1) is 9.83. The van der Waals surface area contributed by atoms with Crippen molar-refractivity contribution in [2.45, 2.75) is 59.0 Å².